The number of hydrogen-bond acceptors (Lipinski definition) is 2. The SMILES string of the molecule is O.O.O.O.O.[Mg+2].[OH-].[OH-]. The van der Waals surface area contributed by atoms with Crippen molar-refractivity contribution in [2.75, 3.05) is 0 Å². The predicted molar refractivity (Wildman–Crippen MR) is 27.7 cm³/mol. The zero-order valence-corrected chi connectivity index (χ0v) is 5.52. The molecule has 0 saturated heterocycles. The van der Waals surface area contributed by atoms with Gasteiger partial charge in [0.05, 0.1) is 0 Å². The molecule has 12 N–H and O–H groups in total. The largest absolute Gasteiger partial charge is 2.00 e. The van der Waals surface area contributed by atoms with E-state index in [1.165, 1.54) is 0 Å². The minimum Gasteiger partial charge on any atom is -0.870 e. The molecule has 7 nitrogen and oxygen atoms in total. The first-order valence-corrected chi connectivity index (χ1v) is 0. The molecule has 0 rings (SSSR count). The van der Waals surface area contributed by atoms with E-state index < -0.39 is 0 Å². The van der Waals surface area contributed by atoms with Gasteiger partial charge in [0.15, 0.2) is 0 Å². The molecule has 0 aliphatic rings. The van der Waals surface area contributed by atoms with E-state index in [2.05, 4.69) is 0 Å². The second-order valence-corrected chi connectivity index (χ2v) is 0. The van der Waals surface area contributed by atoms with Crippen LogP contribution < -0.4 is 0 Å². The third kappa shape index (κ3) is 826. The van der Waals surface area contributed by atoms with Crippen LogP contribution in [0, 0.1) is 0 Å². The van der Waals surface area contributed by atoms with E-state index in [1.807, 2.05) is 0 Å². The molecule has 0 spiro atoms. The summed E-state index contributed by atoms with van der Waals surface area (Å²) in [5, 5.41) is 0. The van der Waals surface area contributed by atoms with Crippen molar-refractivity contribution < 1.29 is 38.3 Å². The summed E-state index contributed by atoms with van der Waals surface area (Å²) in [6, 6.07) is 0. The Bertz CT molecular complexity index is 4.35. The smallest absolute Gasteiger partial charge is 0.870 e. The van der Waals surface area contributed by atoms with Crippen LogP contribution in [0.1, 0.15) is 0 Å². The van der Waals surface area contributed by atoms with Crippen LogP contribution in [0.5, 0.6) is 0 Å². The summed E-state index contributed by atoms with van der Waals surface area (Å²) >= 11 is 0. The molecule has 0 saturated carbocycles. The fraction of sp³-hybridized carbons (Fsp3) is 0. The number of hydrogen-bond donors (Lipinski definition) is 0. The van der Waals surface area contributed by atoms with Gasteiger partial charge in [-0.2, -0.15) is 0 Å². The molecule has 8 heteroatoms. The molecule has 0 bridgehead atoms. The predicted octanol–water partition coefficient (Wildman–Crippen LogP) is -4.86. The summed E-state index contributed by atoms with van der Waals surface area (Å²) in [6.45, 7) is 0. The van der Waals surface area contributed by atoms with Crippen molar-refractivity contribution in [3.8, 4) is 0 Å². The topological polar surface area (TPSA) is 218 Å². The van der Waals surface area contributed by atoms with Crippen molar-refractivity contribution in [2.24, 2.45) is 0 Å². The fourth-order valence-electron chi connectivity index (χ4n) is 0. The van der Waals surface area contributed by atoms with Crippen molar-refractivity contribution in [3.05, 3.63) is 0 Å². The molecule has 0 radical (unpaired) electrons. The van der Waals surface area contributed by atoms with Gasteiger partial charge in [-0.05, 0) is 0 Å². The van der Waals surface area contributed by atoms with Crippen molar-refractivity contribution >= 4 is 23.1 Å². The summed E-state index contributed by atoms with van der Waals surface area (Å²) < 4.78 is 0. The first kappa shape index (κ1) is 2010. The van der Waals surface area contributed by atoms with Gasteiger partial charge in [0.25, 0.3) is 0 Å². The third-order valence-electron chi connectivity index (χ3n) is 0. The Balaban J connectivity index is 0. The fourth-order valence-corrected chi connectivity index (χ4v) is 0. The maximum atomic E-state index is 0. The minimum atomic E-state index is 0. The van der Waals surface area contributed by atoms with Crippen LogP contribution in [0.3, 0.4) is 0 Å². The van der Waals surface area contributed by atoms with E-state index in [0.717, 1.165) is 0 Å². The van der Waals surface area contributed by atoms with Gasteiger partial charge in [-0.3, -0.25) is 0 Å². The Morgan fingerprint density at radius 3 is 0.375 bits per heavy atom. The monoisotopic (exact) mass is 148 g/mol. The van der Waals surface area contributed by atoms with Crippen LogP contribution in [0.15, 0.2) is 0 Å². The number of rotatable bonds is 0. The molecular formula is H12MgO7. The Kier molecular flexibility index (Phi) is 335000. The summed E-state index contributed by atoms with van der Waals surface area (Å²) in [5.41, 5.74) is 0. The molecule has 0 aliphatic heterocycles. The van der Waals surface area contributed by atoms with E-state index in [4.69, 9.17) is 0 Å². The molecule has 0 heterocycles. The molecular weight excluding hydrogens is 136 g/mol. The van der Waals surface area contributed by atoms with Gasteiger partial charge in [0, 0.05) is 0 Å². The molecule has 0 aromatic rings. The van der Waals surface area contributed by atoms with Gasteiger partial charge < -0.3 is 38.3 Å². The standard InChI is InChI=1S/Mg.7H2O/h;7*1H2/q+2;;;;;;;/p-2. The van der Waals surface area contributed by atoms with Crippen molar-refractivity contribution in [1.82, 2.24) is 0 Å². The molecule has 0 unspecified atom stereocenters. The molecule has 0 aromatic heterocycles. The van der Waals surface area contributed by atoms with E-state index in [9.17, 15) is 0 Å². The van der Waals surface area contributed by atoms with Crippen LogP contribution in [0.4, 0.5) is 0 Å². The zero-order valence-electron chi connectivity index (χ0n) is 4.10. The van der Waals surface area contributed by atoms with Gasteiger partial charge in [-0.1, -0.05) is 0 Å². The molecule has 0 fully saturated rings. The van der Waals surface area contributed by atoms with Gasteiger partial charge >= 0.3 is 23.1 Å². The normalized spacial score (nSPS) is 0. The van der Waals surface area contributed by atoms with E-state index in [0.29, 0.717) is 0 Å². The first-order chi connectivity index (χ1) is 0. The average molecular weight is 148 g/mol. The zero-order chi connectivity index (χ0) is 0. The van der Waals surface area contributed by atoms with Gasteiger partial charge in [0.2, 0.25) is 0 Å². The van der Waals surface area contributed by atoms with Crippen LogP contribution in [-0.4, -0.2) is 61.4 Å². The molecule has 8 heavy (non-hydrogen) atoms. The van der Waals surface area contributed by atoms with Gasteiger partial charge in [-0.25, -0.2) is 0 Å². The Morgan fingerprint density at radius 2 is 0.375 bits per heavy atom. The Labute approximate surface area is 62.0 Å². The van der Waals surface area contributed by atoms with Crippen molar-refractivity contribution in [3.63, 3.8) is 0 Å². The van der Waals surface area contributed by atoms with Crippen molar-refractivity contribution in [2.45, 2.75) is 0 Å². The summed E-state index contributed by atoms with van der Waals surface area (Å²) in [4.78, 5) is 0. The summed E-state index contributed by atoms with van der Waals surface area (Å²) in [6.07, 6.45) is 0. The van der Waals surface area contributed by atoms with Crippen LogP contribution >= 0.6 is 0 Å². The maximum Gasteiger partial charge on any atom is 2.00 e. The first-order valence-electron chi connectivity index (χ1n) is 0. The van der Waals surface area contributed by atoms with Crippen LogP contribution in [0.25, 0.3) is 0 Å². The molecule has 0 amide bonds. The van der Waals surface area contributed by atoms with Crippen LogP contribution in [0.2, 0.25) is 0 Å². The molecule has 56 valence electrons. The van der Waals surface area contributed by atoms with E-state index >= 15 is 0 Å². The second kappa shape index (κ2) is 1330. The maximum absolute atomic E-state index is 0. The Morgan fingerprint density at radius 1 is 0.375 bits per heavy atom. The Hall–Kier alpha value is 0.486. The van der Waals surface area contributed by atoms with E-state index in [-0.39, 0.29) is 61.4 Å². The van der Waals surface area contributed by atoms with Crippen molar-refractivity contribution in [1.29, 1.82) is 0 Å². The minimum absolute atomic E-state index is 0. The quantitative estimate of drug-likeness (QED) is 0.308. The summed E-state index contributed by atoms with van der Waals surface area (Å²) in [7, 11) is 0. The molecule has 0 aliphatic carbocycles. The van der Waals surface area contributed by atoms with E-state index in [1.54, 1.807) is 0 Å². The van der Waals surface area contributed by atoms with Gasteiger partial charge in [0.1, 0.15) is 0 Å². The molecule has 0 aromatic carbocycles. The average Bonchev–Trinajstić information content (AvgIpc) is 0. The summed E-state index contributed by atoms with van der Waals surface area (Å²) in [5.74, 6) is 0. The second-order valence-electron chi connectivity index (χ2n) is 0. The third-order valence-corrected chi connectivity index (χ3v) is 0. The molecule has 0 atom stereocenters. The van der Waals surface area contributed by atoms with Crippen LogP contribution in [-0.2, 0) is 0 Å². The van der Waals surface area contributed by atoms with Gasteiger partial charge in [-0.15, -0.1) is 0 Å².